The normalized spacial score (nSPS) is 16.1. The molecule has 2 rings (SSSR count). The predicted molar refractivity (Wildman–Crippen MR) is 82.0 cm³/mol. The van der Waals surface area contributed by atoms with Crippen LogP contribution >= 0.6 is 0 Å². The third-order valence-corrected chi connectivity index (χ3v) is 4.65. The molecule has 114 valence electrons. The molecule has 1 aromatic rings. The third-order valence-electron chi connectivity index (χ3n) is 4.65. The number of nitriles is 1. The zero-order chi connectivity index (χ0) is 15.3. The van der Waals surface area contributed by atoms with Gasteiger partial charge in [0.25, 0.3) is 0 Å². The van der Waals surface area contributed by atoms with E-state index in [2.05, 4.69) is 21.6 Å². The lowest BCUT2D eigenvalue weighted by Gasteiger charge is -2.42. The van der Waals surface area contributed by atoms with Crippen LogP contribution in [0.25, 0.3) is 0 Å². The zero-order valence-corrected chi connectivity index (χ0v) is 12.9. The van der Waals surface area contributed by atoms with Gasteiger partial charge in [-0.05, 0) is 43.1 Å². The summed E-state index contributed by atoms with van der Waals surface area (Å²) in [4.78, 5) is 0. The average molecular weight is 288 g/mol. The van der Waals surface area contributed by atoms with Gasteiger partial charge in [0.1, 0.15) is 11.6 Å². The average Bonchev–Trinajstić information content (AvgIpc) is 2.48. The number of hydrogen-bond donors (Lipinski definition) is 2. The molecule has 1 saturated carbocycles. The monoisotopic (exact) mass is 288 g/mol. The number of rotatable bonds is 7. The van der Waals surface area contributed by atoms with Crippen molar-refractivity contribution in [3.8, 4) is 6.07 Å². The maximum Gasteiger partial charge on any atom is 0.166 e. The molecule has 0 bridgehead atoms. The van der Waals surface area contributed by atoms with Crippen LogP contribution in [0.5, 0.6) is 0 Å². The molecule has 1 aromatic heterocycles. The van der Waals surface area contributed by atoms with E-state index in [1.165, 1.54) is 6.42 Å². The van der Waals surface area contributed by atoms with Crippen LogP contribution in [0.2, 0.25) is 0 Å². The topological polar surface area (TPSA) is 81.8 Å². The Labute approximate surface area is 126 Å². The lowest BCUT2D eigenvalue weighted by Crippen LogP contribution is -2.37. The highest BCUT2D eigenvalue weighted by atomic mass is 16.3. The minimum absolute atomic E-state index is 0.166. The maximum atomic E-state index is 9.46. The summed E-state index contributed by atoms with van der Waals surface area (Å²) < 4.78 is 0. The molecule has 21 heavy (non-hydrogen) atoms. The molecule has 1 aliphatic carbocycles. The van der Waals surface area contributed by atoms with E-state index in [-0.39, 0.29) is 12.0 Å². The fourth-order valence-electron chi connectivity index (χ4n) is 3.12. The quantitative estimate of drug-likeness (QED) is 0.805. The Morgan fingerprint density at radius 1 is 1.29 bits per heavy atom. The molecule has 1 fully saturated rings. The molecule has 0 aliphatic heterocycles. The van der Waals surface area contributed by atoms with Gasteiger partial charge in [0.2, 0.25) is 0 Å². The largest absolute Gasteiger partial charge is 0.396 e. The first-order valence-electron chi connectivity index (χ1n) is 7.83. The smallest absolute Gasteiger partial charge is 0.166 e. The van der Waals surface area contributed by atoms with Crippen molar-refractivity contribution in [3.05, 3.63) is 16.8 Å². The first kappa shape index (κ1) is 15.7. The van der Waals surface area contributed by atoms with Crippen LogP contribution in [0.4, 0.5) is 5.82 Å². The van der Waals surface area contributed by atoms with Crippen molar-refractivity contribution in [3.63, 3.8) is 0 Å². The molecular weight excluding hydrogens is 264 g/mol. The van der Waals surface area contributed by atoms with Crippen molar-refractivity contribution in [1.29, 1.82) is 5.26 Å². The van der Waals surface area contributed by atoms with E-state index in [9.17, 15) is 10.4 Å². The Balaban J connectivity index is 2.18. The highest BCUT2D eigenvalue weighted by Crippen LogP contribution is 2.43. The van der Waals surface area contributed by atoms with Gasteiger partial charge >= 0.3 is 0 Å². The minimum Gasteiger partial charge on any atom is -0.396 e. The van der Waals surface area contributed by atoms with Gasteiger partial charge in [0, 0.05) is 13.2 Å². The first-order chi connectivity index (χ1) is 10.2. The summed E-state index contributed by atoms with van der Waals surface area (Å²) in [5.41, 5.74) is 2.71. The minimum atomic E-state index is 0.166. The fourth-order valence-corrected chi connectivity index (χ4v) is 3.12. The molecule has 0 amide bonds. The third kappa shape index (κ3) is 3.16. The van der Waals surface area contributed by atoms with Crippen molar-refractivity contribution in [1.82, 2.24) is 10.2 Å². The summed E-state index contributed by atoms with van der Waals surface area (Å²) in [6, 6.07) is 2.28. The van der Waals surface area contributed by atoms with Crippen molar-refractivity contribution >= 4 is 5.82 Å². The van der Waals surface area contributed by atoms with Crippen LogP contribution in [0.1, 0.15) is 56.4 Å². The van der Waals surface area contributed by atoms with E-state index in [0.29, 0.717) is 11.4 Å². The van der Waals surface area contributed by atoms with Gasteiger partial charge in [-0.1, -0.05) is 20.3 Å². The molecule has 0 spiro atoms. The number of nitrogens with one attached hydrogen (secondary N) is 1. The molecule has 5 heteroatoms. The molecule has 5 nitrogen and oxygen atoms in total. The lowest BCUT2D eigenvalue weighted by atomic mass is 9.67. The van der Waals surface area contributed by atoms with Crippen molar-refractivity contribution < 1.29 is 5.11 Å². The molecular formula is C16H24N4O. The molecule has 1 aliphatic rings. The molecule has 1 heterocycles. The van der Waals surface area contributed by atoms with E-state index in [1.54, 1.807) is 0 Å². The fraction of sp³-hybridized carbons (Fsp3) is 0.688. The van der Waals surface area contributed by atoms with Crippen molar-refractivity contribution in [2.75, 3.05) is 18.5 Å². The van der Waals surface area contributed by atoms with E-state index >= 15 is 0 Å². The predicted octanol–water partition coefficient (Wildman–Crippen LogP) is 2.44. The van der Waals surface area contributed by atoms with Crippen molar-refractivity contribution in [2.24, 2.45) is 5.41 Å². The summed E-state index contributed by atoms with van der Waals surface area (Å²) in [6.07, 6.45) is 5.86. The molecule has 0 atom stereocenters. The molecule has 2 N–H and O–H groups in total. The Bertz CT molecular complexity index is 532. The van der Waals surface area contributed by atoms with Gasteiger partial charge in [0.15, 0.2) is 5.82 Å². The highest BCUT2D eigenvalue weighted by molar-refractivity contribution is 5.56. The molecule has 0 saturated heterocycles. The number of aryl methyl sites for hydroxylation is 1. The number of hydrogen-bond acceptors (Lipinski definition) is 5. The number of anilines is 1. The lowest BCUT2D eigenvalue weighted by molar-refractivity contribution is 0.101. The standard InChI is InChI=1S/C16H24N4O/c1-3-12-13(10-17)15(20-19-14(12)4-2)18-11-16(8-9-21)6-5-7-16/h21H,3-9,11H2,1-2H3,(H,18,20). The summed E-state index contributed by atoms with van der Waals surface area (Å²) in [5, 5.41) is 30.4. The Kier molecular flexibility index (Phi) is 5.13. The van der Waals surface area contributed by atoms with Gasteiger partial charge < -0.3 is 10.4 Å². The van der Waals surface area contributed by atoms with Crippen LogP contribution in [0, 0.1) is 16.7 Å². The van der Waals surface area contributed by atoms with Crippen LogP contribution in [0.15, 0.2) is 0 Å². The number of aliphatic hydroxyl groups is 1. The first-order valence-corrected chi connectivity index (χ1v) is 7.83. The number of aromatic nitrogens is 2. The number of nitrogens with zero attached hydrogens (tertiary/aromatic N) is 3. The zero-order valence-electron chi connectivity index (χ0n) is 12.9. The van der Waals surface area contributed by atoms with Gasteiger partial charge in [0.05, 0.1) is 5.69 Å². The van der Waals surface area contributed by atoms with Crippen LogP contribution in [-0.2, 0) is 12.8 Å². The van der Waals surface area contributed by atoms with E-state index in [4.69, 9.17) is 0 Å². The van der Waals surface area contributed by atoms with Crippen LogP contribution in [0.3, 0.4) is 0 Å². The second kappa shape index (κ2) is 6.86. The van der Waals surface area contributed by atoms with Gasteiger partial charge in [-0.25, -0.2) is 0 Å². The maximum absolute atomic E-state index is 9.46. The van der Waals surface area contributed by atoms with Gasteiger partial charge in [-0.3, -0.25) is 0 Å². The summed E-state index contributed by atoms with van der Waals surface area (Å²) in [7, 11) is 0. The molecule has 0 aromatic carbocycles. The summed E-state index contributed by atoms with van der Waals surface area (Å²) in [5.74, 6) is 0.593. The van der Waals surface area contributed by atoms with E-state index in [0.717, 1.165) is 49.9 Å². The Morgan fingerprint density at radius 2 is 2.05 bits per heavy atom. The van der Waals surface area contributed by atoms with Gasteiger partial charge in [-0.15, -0.1) is 5.10 Å². The van der Waals surface area contributed by atoms with E-state index in [1.807, 2.05) is 13.8 Å². The summed E-state index contributed by atoms with van der Waals surface area (Å²) >= 11 is 0. The highest BCUT2D eigenvalue weighted by Gasteiger charge is 2.36. The summed E-state index contributed by atoms with van der Waals surface area (Å²) in [6.45, 7) is 5.04. The molecule has 0 unspecified atom stereocenters. The Hall–Kier alpha value is -1.67. The second-order valence-electron chi connectivity index (χ2n) is 5.85. The second-order valence-corrected chi connectivity index (χ2v) is 5.85. The Morgan fingerprint density at radius 3 is 2.52 bits per heavy atom. The van der Waals surface area contributed by atoms with Gasteiger partial charge in [-0.2, -0.15) is 10.4 Å². The van der Waals surface area contributed by atoms with Crippen molar-refractivity contribution in [2.45, 2.75) is 52.4 Å². The number of aliphatic hydroxyl groups excluding tert-OH is 1. The van der Waals surface area contributed by atoms with Crippen LogP contribution < -0.4 is 5.32 Å². The van der Waals surface area contributed by atoms with E-state index < -0.39 is 0 Å². The van der Waals surface area contributed by atoms with Crippen LogP contribution in [-0.4, -0.2) is 28.5 Å². The SMILES string of the molecule is CCc1nnc(NCC2(CCO)CCC2)c(C#N)c1CC. The molecule has 0 radical (unpaired) electrons.